The molecule has 5 N–H and O–H groups in total. The number of benzene rings is 2. The van der Waals surface area contributed by atoms with E-state index in [0.717, 1.165) is 36.1 Å². The fraction of sp³-hybridized carbons (Fsp3) is 0.273. The van der Waals surface area contributed by atoms with Gasteiger partial charge in [0.1, 0.15) is 0 Å². The fourth-order valence-electron chi connectivity index (χ4n) is 3.09. The molecular weight excluding hydrogens is 354 g/mol. The number of hydroxylamine groups is 1. The van der Waals surface area contributed by atoms with Gasteiger partial charge in [-0.2, -0.15) is 0 Å². The minimum Gasteiger partial charge on any atom is -0.327 e. The second-order valence-electron chi connectivity index (χ2n) is 7.08. The van der Waals surface area contributed by atoms with Crippen LogP contribution in [0, 0.1) is 0 Å². The molecule has 0 spiro atoms. The molecule has 2 atom stereocenters. The predicted molar refractivity (Wildman–Crippen MR) is 109 cm³/mol. The lowest BCUT2D eigenvalue weighted by molar-refractivity contribution is -0.124. The Morgan fingerprint density at radius 1 is 1.11 bits per heavy atom. The van der Waals surface area contributed by atoms with Crippen LogP contribution >= 0.6 is 0 Å². The van der Waals surface area contributed by atoms with Crippen LogP contribution in [0.5, 0.6) is 0 Å². The van der Waals surface area contributed by atoms with Gasteiger partial charge in [0.2, 0.25) is 5.91 Å². The molecule has 2 amide bonds. The molecular formula is C22H25N3O3. The summed E-state index contributed by atoms with van der Waals surface area (Å²) in [4.78, 5) is 23.1. The lowest BCUT2D eigenvalue weighted by atomic mass is 10.1. The highest BCUT2D eigenvalue weighted by Gasteiger charge is 2.34. The zero-order chi connectivity index (χ0) is 19.9. The smallest absolute Gasteiger partial charge is 0.267 e. The minimum atomic E-state index is -0.569. The third-order valence-corrected chi connectivity index (χ3v) is 4.85. The molecule has 2 unspecified atom stereocenters. The average Bonchev–Trinajstić information content (AvgIpc) is 3.44. The molecule has 1 saturated carbocycles. The van der Waals surface area contributed by atoms with Gasteiger partial charge < -0.3 is 11.1 Å². The molecule has 0 aliphatic heterocycles. The summed E-state index contributed by atoms with van der Waals surface area (Å²) in [6.45, 7) is 0. The summed E-state index contributed by atoms with van der Waals surface area (Å²) in [6, 6.07) is 15.9. The van der Waals surface area contributed by atoms with Crippen molar-refractivity contribution in [2.45, 2.75) is 37.6 Å². The van der Waals surface area contributed by atoms with Gasteiger partial charge in [-0.15, -0.1) is 0 Å². The van der Waals surface area contributed by atoms with E-state index in [2.05, 4.69) is 5.32 Å². The van der Waals surface area contributed by atoms with Gasteiger partial charge in [0.15, 0.2) is 0 Å². The first-order valence-corrected chi connectivity index (χ1v) is 9.41. The van der Waals surface area contributed by atoms with Crippen molar-refractivity contribution >= 4 is 23.6 Å². The zero-order valence-electron chi connectivity index (χ0n) is 15.6. The van der Waals surface area contributed by atoms with E-state index in [4.69, 9.17) is 10.9 Å². The summed E-state index contributed by atoms with van der Waals surface area (Å²) in [7, 11) is 0. The Bertz CT molecular complexity index is 844. The standard InChI is InChI=1S/C22H25N3O3/c23-20-14-19(20)17-9-11-18(12-10-17)24-21(26)3-1-2-15-4-6-16(7-5-15)8-13-22(27)25-28/h4-13,19-20,28H,1-3,14,23H2,(H,24,26)(H,25,27)/b13-8+. The first kappa shape index (κ1) is 19.8. The van der Waals surface area contributed by atoms with Crippen LogP contribution in [0.25, 0.3) is 6.08 Å². The fourth-order valence-corrected chi connectivity index (χ4v) is 3.09. The topological polar surface area (TPSA) is 104 Å². The van der Waals surface area contributed by atoms with Crippen LogP contribution in [-0.4, -0.2) is 23.1 Å². The number of nitrogens with two attached hydrogens (primary N) is 1. The van der Waals surface area contributed by atoms with Crippen LogP contribution in [0.15, 0.2) is 54.6 Å². The van der Waals surface area contributed by atoms with Gasteiger partial charge in [-0.3, -0.25) is 14.8 Å². The van der Waals surface area contributed by atoms with Crippen molar-refractivity contribution in [1.82, 2.24) is 5.48 Å². The van der Waals surface area contributed by atoms with E-state index in [0.29, 0.717) is 12.3 Å². The number of hydrogen-bond donors (Lipinski definition) is 4. The van der Waals surface area contributed by atoms with Gasteiger partial charge in [0.25, 0.3) is 5.91 Å². The van der Waals surface area contributed by atoms with E-state index < -0.39 is 5.91 Å². The second kappa shape index (κ2) is 9.30. The van der Waals surface area contributed by atoms with Crippen LogP contribution in [0.2, 0.25) is 0 Å². The Morgan fingerprint density at radius 2 is 1.79 bits per heavy atom. The summed E-state index contributed by atoms with van der Waals surface area (Å²) in [6.07, 6.45) is 5.92. The van der Waals surface area contributed by atoms with Crippen molar-refractivity contribution in [3.63, 3.8) is 0 Å². The van der Waals surface area contributed by atoms with Crippen molar-refractivity contribution in [2.75, 3.05) is 5.32 Å². The quantitative estimate of drug-likeness (QED) is 0.321. The number of carbonyl (C=O) groups excluding carboxylic acids is 2. The molecule has 0 aromatic heterocycles. The van der Waals surface area contributed by atoms with Gasteiger partial charge in [-0.25, -0.2) is 5.48 Å². The Balaban J connectivity index is 1.40. The maximum Gasteiger partial charge on any atom is 0.267 e. The zero-order valence-corrected chi connectivity index (χ0v) is 15.6. The molecule has 28 heavy (non-hydrogen) atoms. The van der Waals surface area contributed by atoms with Gasteiger partial charge in [-0.1, -0.05) is 36.4 Å². The van der Waals surface area contributed by atoms with E-state index in [9.17, 15) is 9.59 Å². The molecule has 0 saturated heterocycles. The number of hydrogen-bond acceptors (Lipinski definition) is 4. The van der Waals surface area contributed by atoms with Crippen LogP contribution in [0.3, 0.4) is 0 Å². The summed E-state index contributed by atoms with van der Waals surface area (Å²) >= 11 is 0. The summed E-state index contributed by atoms with van der Waals surface area (Å²) in [5.74, 6) is -0.0928. The minimum absolute atomic E-state index is 0.00504. The predicted octanol–water partition coefficient (Wildman–Crippen LogP) is 2.98. The molecule has 0 radical (unpaired) electrons. The molecule has 1 aliphatic carbocycles. The number of carbonyl (C=O) groups is 2. The van der Waals surface area contributed by atoms with Crippen molar-refractivity contribution in [1.29, 1.82) is 0 Å². The van der Waals surface area contributed by atoms with Crippen molar-refractivity contribution in [2.24, 2.45) is 5.73 Å². The van der Waals surface area contributed by atoms with Crippen molar-refractivity contribution < 1.29 is 14.8 Å². The molecule has 1 aliphatic rings. The molecule has 6 nitrogen and oxygen atoms in total. The Labute approximate surface area is 164 Å². The normalized spacial score (nSPS) is 18.1. The second-order valence-corrected chi connectivity index (χ2v) is 7.08. The van der Waals surface area contributed by atoms with E-state index in [-0.39, 0.29) is 11.9 Å². The summed E-state index contributed by atoms with van der Waals surface area (Å²) in [5, 5.41) is 11.4. The lowest BCUT2D eigenvalue weighted by Gasteiger charge is -2.07. The van der Waals surface area contributed by atoms with Gasteiger partial charge in [0, 0.05) is 30.1 Å². The highest BCUT2D eigenvalue weighted by molar-refractivity contribution is 5.91. The van der Waals surface area contributed by atoms with Crippen LogP contribution in [-0.2, 0) is 16.0 Å². The average molecular weight is 379 g/mol. The third-order valence-electron chi connectivity index (χ3n) is 4.85. The number of rotatable bonds is 8. The SMILES string of the molecule is NC1CC1c1ccc(NC(=O)CCCc2ccc(/C=C/C(=O)NO)cc2)cc1. The molecule has 1 fully saturated rings. The van der Waals surface area contributed by atoms with Crippen LogP contribution in [0.1, 0.15) is 41.9 Å². The van der Waals surface area contributed by atoms with Crippen LogP contribution < -0.4 is 16.5 Å². The lowest BCUT2D eigenvalue weighted by Crippen LogP contribution is -2.14. The first-order chi connectivity index (χ1) is 13.5. The number of aryl methyl sites for hydroxylation is 1. The van der Waals surface area contributed by atoms with E-state index in [1.807, 2.05) is 48.5 Å². The first-order valence-electron chi connectivity index (χ1n) is 9.41. The van der Waals surface area contributed by atoms with E-state index in [1.54, 1.807) is 11.6 Å². The molecule has 6 heteroatoms. The summed E-state index contributed by atoms with van der Waals surface area (Å²) in [5.41, 5.74) is 11.4. The van der Waals surface area contributed by atoms with Crippen LogP contribution in [0.4, 0.5) is 5.69 Å². The Morgan fingerprint density at radius 3 is 2.39 bits per heavy atom. The molecule has 0 heterocycles. The van der Waals surface area contributed by atoms with Crippen molar-refractivity contribution in [3.05, 3.63) is 71.3 Å². The maximum atomic E-state index is 12.1. The molecule has 146 valence electrons. The summed E-state index contributed by atoms with van der Waals surface area (Å²) < 4.78 is 0. The van der Waals surface area contributed by atoms with Gasteiger partial charge in [-0.05, 0) is 54.2 Å². The van der Waals surface area contributed by atoms with Crippen molar-refractivity contribution in [3.8, 4) is 0 Å². The maximum absolute atomic E-state index is 12.1. The van der Waals surface area contributed by atoms with Gasteiger partial charge >= 0.3 is 0 Å². The van der Waals surface area contributed by atoms with Gasteiger partial charge in [0.05, 0.1) is 0 Å². The molecule has 0 bridgehead atoms. The molecule has 3 rings (SSSR count). The largest absolute Gasteiger partial charge is 0.327 e. The van der Waals surface area contributed by atoms with E-state index in [1.165, 1.54) is 11.6 Å². The number of nitrogens with one attached hydrogen (secondary N) is 2. The number of amides is 2. The monoisotopic (exact) mass is 379 g/mol. The Hall–Kier alpha value is -2.96. The highest BCUT2D eigenvalue weighted by Crippen LogP contribution is 2.39. The Kier molecular flexibility index (Phi) is 6.57. The van der Waals surface area contributed by atoms with E-state index >= 15 is 0 Å². The highest BCUT2D eigenvalue weighted by atomic mass is 16.5. The number of anilines is 1. The molecule has 2 aromatic carbocycles. The molecule has 2 aromatic rings. The third kappa shape index (κ3) is 5.77.